The van der Waals surface area contributed by atoms with Crippen molar-refractivity contribution < 1.29 is 0 Å². The molecule has 140 valence electrons. The SMILES string of the molecule is Cc1ccccc1CN1CCN(C(C)c2nc3ccccc3c(=O)[nH]2)CC1. The van der Waals surface area contributed by atoms with Gasteiger partial charge in [-0.05, 0) is 37.1 Å². The number of hydrogen-bond acceptors (Lipinski definition) is 4. The fourth-order valence-electron chi connectivity index (χ4n) is 3.81. The molecule has 2 heterocycles. The fraction of sp³-hybridized carbons (Fsp3) is 0.364. The van der Waals surface area contributed by atoms with Crippen molar-refractivity contribution in [3.05, 3.63) is 75.8 Å². The lowest BCUT2D eigenvalue weighted by molar-refractivity contribution is 0.0947. The van der Waals surface area contributed by atoms with E-state index in [1.807, 2.05) is 24.3 Å². The lowest BCUT2D eigenvalue weighted by atomic mass is 10.1. The highest BCUT2D eigenvalue weighted by Gasteiger charge is 2.24. The van der Waals surface area contributed by atoms with E-state index in [2.05, 4.69) is 52.9 Å². The second-order valence-electron chi connectivity index (χ2n) is 7.38. The van der Waals surface area contributed by atoms with Gasteiger partial charge in [0.15, 0.2) is 0 Å². The Morgan fingerprint density at radius 2 is 1.74 bits per heavy atom. The molecule has 3 aromatic rings. The van der Waals surface area contributed by atoms with Gasteiger partial charge in [-0.1, -0.05) is 36.4 Å². The molecule has 2 aromatic carbocycles. The molecule has 1 atom stereocenters. The Kier molecular flexibility index (Phi) is 5.05. The van der Waals surface area contributed by atoms with Gasteiger partial charge in [-0.2, -0.15) is 0 Å². The molecule has 1 unspecified atom stereocenters. The molecule has 27 heavy (non-hydrogen) atoms. The number of aromatic nitrogens is 2. The highest BCUT2D eigenvalue weighted by atomic mass is 16.1. The van der Waals surface area contributed by atoms with Crippen LogP contribution >= 0.6 is 0 Å². The summed E-state index contributed by atoms with van der Waals surface area (Å²) in [5.41, 5.74) is 3.47. The number of nitrogens with zero attached hydrogens (tertiary/aromatic N) is 3. The molecule has 5 heteroatoms. The fourth-order valence-corrected chi connectivity index (χ4v) is 3.81. The third-order valence-corrected chi connectivity index (χ3v) is 5.64. The number of nitrogens with one attached hydrogen (secondary N) is 1. The molecule has 0 amide bonds. The molecule has 1 aliphatic rings. The first-order chi connectivity index (χ1) is 13.1. The first-order valence-electron chi connectivity index (χ1n) is 9.61. The second-order valence-corrected chi connectivity index (χ2v) is 7.38. The van der Waals surface area contributed by atoms with Gasteiger partial charge in [-0.15, -0.1) is 0 Å². The van der Waals surface area contributed by atoms with Crippen LogP contribution in [-0.4, -0.2) is 45.9 Å². The van der Waals surface area contributed by atoms with Crippen molar-refractivity contribution in [3.8, 4) is 0 Å². The summed E-state index contributed by atoms with van der Waals surface area (Å²) < 4.78 is 0. The van der Waals surface area contributed by atoms with Crippen LogP contribution in [0.1, 0.15) is 29.9 Å². The van der Waals surface area contributed by atoms with E-state index in [9.17, 15) is 4.79 Å². The number of benzene rings is 2. The highest BCUT2D eigenvalue weighted by Crippen LogP contribution is 2.20. The van der Waals surface area contributed by atoms with Crippen molar-refractivity contribution in [1.82, 2.24) is 19.8 Å². The molecular weight excluding hydrogens is 336 g/mol. The maximum atomic E-state index is 12.4. The number of fused-ring (bicyclic) bond motifs is 1. The van der Waals surface area contributed by atoms with Crippen molar-refractivity contribution in [3.63, 3.8) is 0 Å². The lowest BCUT2D eigenvalue weighted by Crippen LogP contribution is -2.47. The highest BCUT2D eigenvalue weighted by molar-refractivity contribution is 5.77. The molecule has 1 saturated heterocycles. The maximum absolute atomic E-state index is 12.4. The molecule has 4 rings (SSSR count). The smallest absolute Gasteiger partial charge is 0.258 e. The predicted molar refractivity (Wildman–Crippen MR) is 109 cm³/mol. The number of para-hydroxylation sites is 1. The summed E-state index contributed by atoms with van der Waals surface area (Å²) in [4.78, 5) is 24.9. The van der Waals surface area contributed by atoms with E-state index < -0.39 is 0 Å². The van der Waals surface area contributed by atoms with E-state index in [1.165, 1.54) is 11.1 Å². The van der Waals surface area contributed by atoms with E-state index in [1.54, 1.807) is 0 Å². The molecule has 0 spiro atoms. The standard InChI is InChI=1S/C22H26N4O/c1-16-7-3-4-8-18(16)15-25-11-13-26(14-12-25)17(2)21-23-20-10-6-5-9-19(20)22(27)24-21/h3-10,17H,11-15H2,1-2H3,(H,23,24,27). The number of hydrogen-bond donors (Lipinski definition) is 1. The van der Waals surface area contributed by atoms with Crippen LogP contribution in [0.3, 0.4) is 0 Å². The van der Waals surface area contributed by atoms with E-state index in [-0.39, 0.29) is 11.6 Å². The first kappa shape index (κ1) is 17.9. The van der Waals surface area contributed by atoms with Gasteiger partial charge in [0.1, 0.15) is 5.82 Å². The minimum Gasteiger partial charge on any atom is -0.309 e. The lowest BCUT2D eigenvalue weighted by Gasteiger charge is -2.37. The van der Waals surface area contributed by atoms with Crippen molar-refractivity contribution in [2.24, 2.45) is 0 Å². The Morgan fingerprint density at radius 1 is 1.04 bits per heavy atom. The molecule has 1 aliphatic heterocycles. The van der Waals surface area contributed by atoms with Gasteiger partial charge in [0, 0.05) is 32.7 Å². The van der Waals surface area contributed by atoms with Gasteiger partial charge < -0.3 is 4.98 Å². The van der Waals surface area contributed by atoms with Crippen LogP contribution < -0.4 is 5.56 Å². The third kappa shape index (κ3) is 3.80. The molecule has 0 saturated carbocycles. The van der Waals surface area contributed by atoms with Crippen molar-refractivity contribution >= 4 is 10.9 Å². The first-order valence-corrected chi connectivity index (χ1v) is 9.61. The number of rotatable bonds is 4. The summed E-state index contributed by atoms with van der Waals surface area (Å²) in [6, 6.07) is 16.2. The van der Waals surface area contributed by atoms with Crippen LogP contribution in [0, 0.1) is 6.92 Å². The summed E-state index contributed by atoms with van der Waals surface area (Å²) in [7, 11) is 0. The maximum Gasteiger partial charge on any atom is 0.258 e. The zero-order valence-electron chi connectivity index (χ0n) is 16.0. The van der Waals surface area contributed by atoms with E-state index in [0.29, 0.717) is 5.39 Å². The van der Waals surface area contributed by atoms with Gasteiger partial charge >= 0.3 is 0 Å². The van der Waals surface area contributed by atoms with Gasteiger partial charge in [0.05, 0.1) is 16.9 Å². The summed E-state index contributed by atoms with van der Waals surface area (Å²) in [5.74, 6) is 0.756. The molecule has 0 aliphatic carbocycles. The zero-order valence-corrected chi connectivity index (χ0v) is 16.0. The van der Waals surface area contributed by atoms with Gasteiger partial charge in [0.25, 0.3) is 5.56 Å². The molecule has 0 bridgehead atoms. The van der Waals surface area contributed by atoms with E-state index >= 15 is 0 Å². The largest absolute Gasteiger partial charge is 0.309 e. The van der Waals surface area contributed by atoms with Crippen LogP contribution in [0.2, 0.25) is 0 Å². The quantitative estimate of drug-likeness (QED) is 0.775. The molecule has 1 N–H and O–H groups in total. The number of aryl methyl sites for hydroxylation is 1. The van der Waals surface area contributed by atoms with Crippen molar-refractivity contribution in [2.75, 3.05) is 26.2 Å². The topological polar surface area (TPSA) is 52.2 Å². The number of H-pyrrole nitrogens is 1. The predicted octanol–water partition coefficient (Wildman–Crippen LogP) is 3.11. The second kappa shape index (κ2) is 7.62. The Bertz CT molecular complexity index is 989. The summed E-state index contributed by atoms with van der Waals surface area (Å²) >= 11 is 0. The molecular formula is C22H26N4O. The Hall–Kier alpha value is -2.50. The normalized spacial score (nSPS) is 17.3. The van der Waals surface area contributed by atoms with Crippen molar-refractivity contribution in [1.29, 1.82) is 0 Å². The Balaban J connectivity index is 1.44. The average molecular weight is 362 g/mol. The molecule has 0 radical (unpaired) electrons. The van der Waals surface area contributed by atoms with Crippen molar-refractivity contribution in [2.45, 2.75) is 26.4 Å². The summed E-state index contributed by atoms with van der Waals surface area (Å²) in [6.07, 6.45) is 0. The minimum absolute atomic E-state index is 0.0550. The molecule has 5 nitrogen and oxygen atoms in total. The van der Waals surface area contributed by atoms with E-state index in [4.69, 9.17) is 4.98 Å². The average Bonchev–Trinajstić information content (AvgIpc) is 2.70. The van der Waals surface area contributed by atoms with Crippen LogP contribution in [0.4, 0.5) is 0 Å². The van der Waals surface area contributed by atoms with Gasteiger partial charge in [-0.3, -0.25) is 14.6 Å². The summed E-state index contributed by atoms with van der Waals surface area (Å²) in [5, 5.41) is 0.650. The summed E-state index contributed by atoms with van der Waals surface area (Å²) in [6.45, 7) is 9.31. The van der Waals surface area contributed by atoms with E-state index in [0.717, 1.165) is 44.1 Å². The van der Waals surface area contributed by atoms with Crippen LogP contribution in [0.25, 0.3) is 10.9 Å². The number of piperazine rings is 1. The minimum atomic E-state index is -0.0550. The van der Waals surface area contributed by atoms with Crippen LogP contribution in [0.15, 0.2) is 53.3 Å². The zero-order chi connectivity index (χ0) is 18.8. The van der Waals surface area contributed by atoms with Crippen LogP contribution in [-0.2, 0) is 6.54 Å². The Labute approximate surface area is 159 Å². The molecule has 1 aromatic heterocycles. The number of aromatic amines is 1. The van der Waals surface area contributed by atoms with Crippen LogP contribution in [0.5, 0.6) is 0 Å². The molecule has 1 fully saturated rings. The Morgan fingerprint density at radius 3 is 2.52 bits per heavy atom. The third-order valence-electron chi connectivity index (χ3n) is 5.64. The van der Waals surface area contributed by atoms with Gasteiger partial charge in [-0.25, -0.2) is 4.98 Å². The van der Waals surface area contributed by atoms with Gasteiger partial charge in [0.2, 0.25) is 0 Å². The monoisotopic (exact) mass is 362 g/mol.